The molecular formula is C38H73BrMgTi. The van der Waals surface area contributed by atoms with Gasteiger partial charge in [0.1, 0.15) is 0 Å². The summed E-state index contributed by atoms with van der Waals surface area (Å²) in [5.74, 6) is 0. The predicted molar refractivity (Wildman–Crippen MR) is 186 cm³/mol. The van der Waals surface area contributed by atoms with Crippen LogP contribution >= 0.6 is 0 Å². The molecule has 0 radical (unpaired) electrons. The molecule has 0 bridgehead atoms. The van der Waals surface area contributed by atoms with Crippen molar-refractivity contribution in [2.45, 2.75) is 182 Å². The third-order valence-corrected chi connectivity index (χ3v) is 6.02. The van der Waals surface area contributed by atoms with Crippen LogP contribution in [-0.2, 0) is 21.7 Å². The van der Waals surface area contributed by atoms with Gasteiger partial charge in [-0.1, -0.05) is 156 Å². The molecule has 0 N–H and O–H groups in total. The minimum Gasteiger partial charge on any atom is -1.00 e. The van der Waals surface area contributed by atoms with Crippen LogP contribution in [0.4, 0.5) is 0 Å². The van der Waals surface area contributed by atoms with Gasteiger partial charge < -0.3 is 44.7 Å². The number of hydrogen-bond donors (Lipinski definition) is 0. The first kappa shape index (κ1) is 57.8. The average Bonchev–Trinajstić information content (AvgIpc) is 2.96. The normalized spacial score (nSPS) is 8.78. The van der Waals surface area contributed by atoms with E-state index in [0.717, 1.165) is 25.7 Å². The van der Waals surface area contributed by atoms with Crippen molar-refractivity contribution in [3.63, 3.8) is 0 Å². The molecule has 0 atom stereocenters. The van der Waals surface area contributed by atoms with Gasteiger partial charge in [-0.25, -0.2) is 0 Å². The Morgan fingerprint density at radius 2 is 0.610 bits per heavy atom. The Labute approximate surface area is 305 Å². The maximum absolute atomic E-state index is 3.78. The summed E-state index contributed by atoms with van der Waals surface area (Å²) in [4.78, 5) is 0. The first-order chi connectivity index (χ1) is 18.7. The van der Waals surface area contributed by atoms with Crippen molar-refractivity contribution in [3.8, 4) is 0 Å². The molecule has 0 aliphatic heterocycles. The third kappa shape index (κ3) is 85.6. The zero-order chi connectivity index (χ0) is 29.2. The molecule has 0 unspecified atom stereocenters. The molecular weight excluding hydrogens is 608 g/mol. The molecule has 0 heterocycles. The monoisotopic (exact) mass is 680 g/mol. The summed E-state index contributed by atoms with van der Waals surface area (Å²) < 4.78 is 0. The van der Waals surface area contributed by atoms with Crippen LogP contribution in [0, 0.1) is 33.8 Å². The SMILES string of the molecule is [Br-].[CH2-]CCCCCCC.[CH2-]CCCCCCC.[CH2-]CCCCCCC.[CH2-]CCCCCCC.[Mg+2].[Ti+4].[c-]1ccccc1. The number of rotatable bonds is 20. The van der Waals surface area contributed by atoms with Crippen molar-refractivity contribution in [3.05, 3.63) is 64.1 Å². The topological polar surface area (TPSA) is 0 Å². The molecule has 1 rings (SSSR count). The van der Waals surface area contributed by atoms with Gasteiger partial charge in [0, 0.05) is 0 Å². The number of halogens is 1. The summed E-state index contributed by atoms with van der Waals surface area (Å²) >= 11 is 0. The van der Waals surface area contributed by atoms with Crippen molar-refractivity contribution >= 4 is 23.1 Å². The summed E-state index contributed by atoms with van der Waals surface area (Å²) in [6, 6.07) is 12.5. The smallest absolute Gasteiger partial charge is 1.00 e. The summed E-state index contributed by atoms with van der Waals surface area (Å²) in [6.07, 6.45) is 31.9. The van der Waals surface area contributed by atoms with Crippen LogP contribution in [0.3, 0.4) is 0 Å². The number of benzene rings is 1. The molecule has 1 aromatic carbocycles. The van der Waals surface area contributed by atoms with Gasteiger partial charge in [-0.2, -0.15) is 62.1 Å². The van der Waals surface area contributed by atoms with Crippen LogP contribution in [0.2, 0.25) is 0 Å². The second kappa shape index (κ2) is 68.4. The van der Waals surface area contributed by atoms with Gasteiger partial charge in [0.25, 0.3) is 0 Å². The van der Waals surface area contributed by atoms with Crippen molar-refractivity contribution < 1.29 is 38.7 Å². The van der Waals surface area contributed by atoms with E-state index in [4.69, 9.17) is 0 Å². The van der Waals surface area contributed by atoms with E-state index in [-0.39, 0.29) is 61.8 Å². The van der Waals surface area contributed by atoms with Crippen LogP contribution in [0.15, 0.2) is 30.3 Å². The summed E-state index contributed by atoms with van der Waals surface area (Å²) in [5, 5.41) is 0. The van der Waals surface area contributed by atoms with Gasteiger partial charge in [-0.3, -0.25) is 0 Å². The Bertz CT molecular complexity index is 317. The zero-order valence-electron chi connectivity index (χ0n) is 28.8. The Kier molecular flexibility index (Phi) is 96.4. The van der Waals surface area contributed by atoms with Crippen molar-refractivity contribution in [2.24, 2.45) is 0 Å². The van der Waals surface area contributed by atoms with Crippen LogP contribution in [0.25, 0.3) is 0 Å². The van der Waals surface area contributed by atoms with E-state index in [1.165, 1.54) is 128 Å². The molecule has 0 saturated heterocycles. The van der Waals surface area contributed by atoms with E-state index in [2.05, 4.69) is 61.5 Å². The Morgan fingerprint density at radius 3 is 0.732 bits per heavy atom. The molecule has 0 amide bonds. The maximum atomic E-state index is 3.78. The molecule has 3 heteroatoms. The van der Waals surface area contributed by atoms with E-state index in [1.807, 2.05) is 30.3 Å². The van der Waals surface area contributed by atoms with Crippen molar-refractivity contribution in [1.29, 1.82) is 0 Å². The second-order valence-electron chi connectivity index (χ2n) is 10.1. The maximum Gasteiger partial charge on any atom is 4.00 e. The molecule has 0 nitrogen and oxygen atoms in total. The Morgan fingerprint density at radius 1 is 0.390 bits per heavy atom. The van der Waals surface area contributed by atoms with Crippen molar-refractivity contribution in [2.75, 3.05) is 0 Å². The molecule has 0 spiro atoms. The third-order valence-electron chi connectivity index (χ3n) is 6.02. The fourth-order valence-corrected chi connectivity index (χ4v) is 3.46. The van der Waals surface area contributed by atoms with Crippen LogP contribution in [0.1, 0.15) is 182 Å². The summed E-state index contributed by atoms with van der Waals surface area (Å²) in [5.41, 5.74) is 0. The van der Waals surface area contributed by atoms with E-state index in [0.29, 0.717) is 0 Å². The molecule has 0 aromatic heterocycles. The van der Waals surface area contributed by atoms with Gasteiger partial charge in [0.05, 0.1) is 0 Å². The molecule has 0 aliphatic carbocycles. The average molecular weight is 682 g/mol. The van der Waals surface area contributed by atoms with Gasteiger partial charge in [0.2, 0.25) is 0 Å². The Balaban J connectivity index is -0.0000000694. The van der Waals surface area contributed by atoms with E-state index < -0.39 is 0 Å². The minimum absolute atomic E-state index is 0. The van der Waals surface area contributed by atoms with Crippen LogP contribution in [0.5, 0.6) is 0 Å². The van der Waals surface area contributed by atoms with Gasteiger partial charge in [-0.15, -0.1) is 0 Å². The van der Waals surface area contributed by atoms with Crippen molar-refractivity contribution in [1.82, 2.24) is 0 Å². The van der Waals surface area contributed by atoms with Crippen LogP contribution in [-0.4, -0.2) is 23.1 Å². The quantitative estimate of drug-likeness (QED) is 0.0730. The number of hydrogen-bond acceptors (Lipinski definition) is 0. The second-order valence-corrected chi connectivity index (χ2v) is 10.1. The summed E-state index contributed by atoms with van der Waals surface area (Å²) in [6.45, 7) is 24.1. The summed E-state index contributed by atoms with van der Waals surface area (Å²) in [7, 11) is 0. The predicted octanol–water partition coefficient (Wildman–Crippen LogP) is 10.8. The fraction of sp³-hybridized carbons (Fsp3) is 0.737. The molecule has 0 saturated carbocycles. The Hall–Kier alpha value is 1.18. The van der Waals surface area contributed by atoms with E-state index in [9.17, 15) is 0 Å². The zero-order valence-corrected chi connectivity index (χ0v) is 33.3. The first-order valence-electron chi connectivity index (χ1n) is 16.7. The molecule has 0 aliphatic rings. The minimum atomic E-state index is 0. The van der Waals surface area contributed by atoms with E-state index in [1.54, 1.807) is 0 Å². The molecule has 0 fully saturated rings. The molecule has 1 aromatic rings. The molecule has 41 heavy (non-hydrogen) atoms. The fourth-order valence-electron chi connectivity index (χ4n) is 3.46. The largest absolute Gasteiger partial charge is 4.00 e. The van der Waals surface area contributed by atoms with Crippen LogP contribution < -0.4 is 17.0 Å². The standard InChI is InChI=1S/4C8H17.C6H5.BrH.Mg.Ti/c4*1-3-5-7-8-6-4-2;1-2-4-6-5-3-1;;;/h4*1,3-8H2,2H3;1-5H;1H;;/q5*-1;;+2;+4/p-1. The van der Waals surface area contributed by atoms with Gasteiger partial charge in [0.15, 0.2) is 0 Å². The first-order valence-corrected chi connectivity index (χ1v) is 16.7. The van der Waals surface area contributed by atoms with Gasteiger partial charge in [-0.05, 0) is 0 Å². The van der Waals surface area contributed by atoms with Gasteiger partial charge >= 0.3 is 44.8 Å². The number of unbranched alkanes of at least 4 members (excludes halogenated alkanes) is 20. The van der Waals surface area contributed by atoms with E-state index >= 15 is 0 Å². The molecule has 238 valence electrons.